The molecule has 1 fully saturated rings. The molecule has 10 nitrogen and oxygen atoms in total. The van der Waals surface area contributed by atoms with Crippen LogP contribution in [0.3, 0.4) is 0 Å². The Morgan fingerprint density at radius 1 is 1.21 bits per heavy atom. The van der Waals surface area contributed by atoms with Crippen LogP contribution >= 0.6 is 24.4 Å². The van der Waals surface area contributed by atoms with Gasteiger partial charge in [0, 0.05) is 12.3 Å². The van der Waals surface area contributed by atoms with E-state index < -0.39 is 47.9 Å². The largest absolute Gasteiger partial charge is 0.508 e. The second kappa shape index (κ2) is 13.4. The fraction of sp³-hybridized carbons (Fsp3) is 0.545. The molecule has 1 aliphatic rings. The Balaban J connectivity index is 2.00. The number of nitrogens with one attached hydrogen (secondary N) is 2. The summed E-state index contributed by atoms with van der Waals surface area (Å²) in [5.41, 5.74) is 6.75. The second-order valence-corrected chi connectivity index (χ2v) is 9.44. The molecule has 0 aliphatic carbocycles. The number of carboxylic acids is 1. The highest BCUT2D eigenvalue weighted by molar-refractivity contribution is 7.98. The number of likely N-dealkylation sites (tertiary alicyclic amines) is 1. The number of thioether (sulfide) groups is 1. The molecule has 188 valence electrons. The number of amides is 3. The molecule has 1 aromatic rings. The van der Waals surface area contributed by atoms with Gasteiger partial charge in [0.1, 0.15) is 23.9 Å². The summed E-state index contributed by atoms with van der Waals surface area (Å²) in [6, 6.07) is 2.54. The summed E-state index contributed by atoms with van der Waals surface area (Å²) in [4.78, 5) is 51.4. The third kappa shape index (κ3) is 7.81. The van der Waals surface area contributed by atoms with Gasteiger partial charge in [-0.3, -0.25) is 14.4 Å². The first kappa shape index (κ1) is 27.8. The van der Waals surface area contributed by atoms with Crippen molar-refractivity contribution < 1.29 is 29.4 Å². The Morgan fingerprint density at radius 2 is 1.88 bits per heavy atom. The summed E-state index contributed by atoms with van der Waals surface area (Å²) in [7, 11) is 0. The Bertz CT molecular complexity index is 869. The summed E-state index contributed by atoms with van der Waals surface area (Å²) in [6.45, 7) is 0.319. The van der Waals surface area contributed by atoms with Crippen LogP contribution in [0, 0.1) is 0 Å². The van der Waals surface area contributed by atoms with E-state index in [4.69, 9.17) is 5.73 Å². The second-order valence-electron chi connectivity index (χ2n) is 8.09. The summed E-state index contributed by atoms with van der Waals surface area (Å²) < 4.78 is 0. The molecule has 4 unspecified atom stereocenters. The van der Waals surface area contributed by atoms with Crippen LogP contribution in [0.25, 0.3) is 0 Å². The van der Waals surface area contributed by atoms with Crippen molar-refractivity contribution in [2.75, 3.05) is 24.3 Å². The highest BCUT2D eigenvalue weighted by Gasteiger charge is 2.38. The van der Waals surface area contributed by atoms with Crippen LogP contribution in [0.1, 0.15) is 24.8 Å². The molecule has 1 aromatic carbocycles. The molecular weight excluding hydrogens is 480 g/mol. The van der Waals surface area contributed by atoms with Gasteiger partial charge in [0.2, 0.25) is 17.7 Å². The average Bonchev–Trinajstić information content (AvgIpc) is 3.30. The van der Waals surface area contributed by atoms with E-state index in [1.165, 1.54) is 28.8 Å². The zero-order valence-corrected chi connectivity index (χ0v) is 20.7. The van der Waals surface area contributed by atoms with Gasteiger partial charge in [0.15, 0.2) is 0 Å². The zero-order chi connectivity index (χ0) is 25.3. The van der Waals surface area contributed by atoms with Gasteiger partial charge in [-0.1, -0.05) is 12.1 Å². The summed E-state index contributed by atoms with van der Waals surface area (Å²) >= 11 is 5.67. The van der Waals surface area contributed by atoms with E-state index in [9.17, 15) is 29.4 Å². The predicted octanol–water partition coefficient (Wildman–Crippen LogP) is -0.00990. The lowest BCUT2D eigenvalue weighted by Gasteiger charge is -2.29. The van der Waals surface area contributed by atoms with E-state index in [1.54, 1.807) is 12.1 Å². The molecule has 34 heavy (non-hydrogen) atoms. The quantitative estimate of drug-likeness (QED) is 0.213. The SMILES string of the molecule is CSCCC(NC(=O)C1CCCN1C(=O)C(CS)NC(=O)C(N)Cc1ccc(O)cc1)C(=O)O. The van der Waals surface area contributed by atoms with Crippen molar-refractivity contribution in [2.24, 2.45) is 5.73 Å². The third-order valence-electron chi connectivity index (χ3n) is 5.59. The van der Waals surface area contributed by atoms with Gasteiger partial charge < -0.3 is 31.5 Å². The number of benzene rings is 1. The Morgan fingerprint density at radius 3 is 2.47 bits per heavy atom. The molecule has 2 rings (SSSR count). The van der Waals surface area contributed by atoms with Crippen molar-refractivity contribution >= 4 is 48.1 Å². The maximum Gasteiger partial charge on any atom is 0.326 e. The molecule has 1 aliphatic heterocycles. The molecule has 4 atom stereocenters. The van der Waals surface area contributed by atoms with E-state index in [-0.39, 0.29) is 24.3 Å². The number of thiol groups is 1. The van der Waals surface area contributed by atoms with Crippen molar-refractivity contribution in [3.8, 4) is 5.75 Å². The van der Waals surface area contributed by atoms with Crippen LogP contribution in [-0.2, 0) is 25.6 Å². The van der Waals surface area contributed by atoms with Gasteiger partial charge in [-0.15, -0.1) is 0 Å². The topological polar surface area (TPSA) is 162 Å². The van der Waals surface area contributed by atoms with Crippen molar-refractivity contribution in [2.45, 2.75) is 49.9 Å². The number of aromatic hydroxyl groups is 1. The van der Waals surface area contributed by atoms with Crippen LogP contribution < -0.4 is 16.4 Å². The summed E-state index contributed by atoms with van der Waals surface area (Å²) in [5.74, 6) is -1.97. The first-order chi connectivity index (χ1) is 16.2. The van der Waals surface area contributed by atoms with Crippen molar-refractivity contribution in [3.05, 3.63) is 29.8 Å². The minimum Gasteiger partial charge on any atom is -0.508 e. The van der Waals surface area contributed by atoms with E-state index in [2.05, 4.69) is 23.3 Å². The molecule has 6 N–H and O–H groups in total. The van der Waals surface area contributed by atoms with Crippen molar-refractivity contribution in [1.29, 1.82) is 0 Å². The van der Waals surface area contributed by atoms with Gasteiger partial charge in [-0.25, -0.2) is 4.79 Å². The lowest BCUT2D eigenvalue weighted by Crippen LogP contribution is -2.57. The summed E-state index contributed by atoms with van der Waals surface area (Å²) in [5, 5.41) is 23.9. The lowest BCUT2D eigenvalue weighted by atomic mass is 10.1. The standard InChI is InChI=1S/C22H32N4O6S2/c1-34-10-8-16(22(31)32)24-20(29)18-3-2-9-26(18)21(30)17(12-33)25-19(28)15(23)11-13-4-6-14(27)7-5-13/h4-7,15-18,27,33H,2-3,8-12,23H2,1H3,(H,24,29)(H,25,28)(H,31,32). The molecule has 0 radical (unpaired) electrons. The molecule has 0 aromatic heterocycles. The smallest absolute Gasteiger partial charge is 0.326 e. The number of phenols is 1. The van der Waals surface area contributed by atoms with Crippen LogP contribution in [0.5, 0.6) is 5.75 Å². The normalized spacial score (nSPS) is 18.1. The van der Waals surface area contributed by atoms with Crippen LogP contribution in [0.15, 0.2) is 24.3 Å². The van der Waals surface area contributed by atoms with Gasteiger partial charge in [0.25, 0.3) is 0 Å². The Hall–Kier alpha value is -2.44. The molecule has 0 bridgehead atoms. The lowest BCUT2D eigenvalue weighted by molar-refractivity contribution is -0.144. The van der Waals surface area contributed by atoms with Crippen molar-refractivity contribution in [1.82, 2.24) is 15.5 Å². The maximum absolute atomic E-state index is 13.1. The highest BCUT2D eigenvalue weighted by Crippen LogP contribution is 2.20. The number of carbonyl (C=O) groups excluding carboxylic acids is 3. The molecular formula is C22H32N4O6S2. The van der Waals surface area contributed by atoms with Crippen LogP contribution in [0.2, 0.25) is 0 Å². The molecule has 0 spiro atoms. The molecule has 12 heteroatoms. The first-order valence-corrected chi connectivity index (χ1v) is 13.0. The predicted molar refractivity (Wildman–Crippen MR) is 133 cm³/mol. The number of rotatable bonds is 12. The fourth-order valence-corrected chi connectivity index (χ4v) is 4.43. The number of nitrogens with zero attached hydrogens (tertiary/aromatic N) is 1. The minimum atomic E-state index is -1.12. The van der Waals surface area contributed by atoms with Crippen LogP contribution in [-0.4, -0.2) is 87.3 Å². The number of nitrogens with two attached hydrogens (primary N) is 1. The van der Waals surface area contributed by atoms with Gasteiger partial charge in [0.05, 0.1) is 6.04 Å². The molecule has 1 heterocycles. The number of aliphatic carboxylic acids is 1. The average molecular weight is 513 g/mol. The van der Waals surface area contributed by atoms with E-state index in [1.807, 2.05) is 6.26 Å². The van der Waals surface area contributed by atoms with Crippen LogP contribution in [0.4, 0.5) is 0 Å². The molecule has 0 saturated carbocycles. The van der Waals surface area contributed by atoms with Gasteiger partial charge in [-0.2, -0.15) is 24.4 Å². The highest BCUT2D eigenvalue weighted by atomic mass is 32.2. The Labute approximate surface area is 208 Å². The van der Waals surface area contributed by atoms with E-state index in [0.29, 0.717) is 25.1 Å². The number of carboxylic acid groups (broad SMARTS) is 1. The van der Waals surface area contributed by atoms with Gasteiger partial charge >= 0.3 is 5.97 Å². The number of hydrogen-bond acceptors (Lipinski definition) is 8. The molecule has 3 amide bonds. The first-order valence-electron chi connectivity index (χ1n) is 10.9. The monoisotopic (exact) mass is 512 g/mol. The van der Waals surface area contributed by atoms with E-state index >= 15 is 0 Å². The number of phenolic OH excluding ortho intramolecular Hbond substituents is 1. The van der Waals surface area contributed by atoms with Gasteiger partial charge in [-0.05, 0) is 55.4 Å². The number of carbonyl (C=O) groups is 4. The summed E-state index contributed by atoms with van der Waals surface area (Å²) in [6.07, 6.45) is 3.32. The zero-order valence-electron chi connectivity index (χ0n) is 19.0. The van der Waals surface area contributed by atoms with E-state index in [0.717, 1.165) is 5.56 Å². The Kier molecular flexibility index (Phi) is 11.0. The maximum atomic E-state index is 13.1. The third-order valence-corrected chi connectivity index (χ3v) is 6.60. The number of hydrogen-bond donors (Lipinski definition) is 6. The molecule has 1 saturated heterocycles. The van der Waals surface area contributed by atoms with Crippen molar-refractivity contribution in [3.63, 3.8) is 0 Å². The fourth-order valence-electron chi connectivity index (χ4n) is 3.71. The minimum absolute atomic E-state index is 0.00676.